The zero-order valence-electron chi connectivity index (χ0n) is 14.2. The summed E-state index contributed by atoms with van der Waals surface area (Å²) in [6, 6.07) is 13.0. The molecule has 0 aliphatic carbocycles. The van der Waals surface area contributed by atoms with Gasteiger partial charge < -0.3 is 9.47 Å². The van der Waals surface area contributed by atoms with Crippen LogP contribution in [0.5, 0.6) is 11.5 Å². The van der Waals surface area contributed by atoms with Crippen LogP contribution in [-0.2, 0) is 11.4 Å². The van der Waals surface area contributed by atoms with Gasteiger partial charge in [-0.2, -0.15) is 0 Å². The number of ether oxygens (including phenoxy) is 2. The van der Waals surface area contributed by atoms with Gasteiger partial charge in [-0.1, -0.05) is 59.8 Å². The highest BCUT2D eigenvalue weighted by Crippen LogP contribution is 2.34. The molecule has 0 unspecified atom stereocenters. The number of likely N-dealkylation sites (N-methyl/N-ethyl adjacent to an activating group) is 1. The van der Waals surface area contributed by atoms with Crippen molar-refractivity contribution in [1.29, 1.82) is 0 Å². The van der Waals surface area contributed by atoms with E-state index in [1.165, 1.54) is 16.7 Å². The predicted molar refractivity (Wildman–Crippen MR) is 110 cm³/mol. The minimum Gasteiger partial charge on any atom is -0.493 e. The molecule has 2 aromatic rings. The van der Waals surface area contributed by atoms with Gasteiger partial charge in [-0.3, -0.25) is 9.69 Å². The molecular weight excluding hydrogens is 390 g/mol. The summed E-state index contributed by atoms with van der Waals surface area (Å²) in [5.41, 5.74) is 1.73. The van der Waals surface area contributed by atoms with Crippen molar-refractivity contribution in [2.24, 2.45) is 0 Å². The minimum atomic E-state index is -0.0991. The molecule has 0 spiro atoms. The number of hydrogen-bond donors (Lipinski definition) is 0. The number of benzene rings is 2. The van der Waals surface area contributed by atoms with E-state index < -0.39 is 0 Å². The second-order valence-corrected chi connectivity index (χ2v) is 7.61. The van der Waals surface area contributed by atoms with Crippen molar-refractivity contribution in [2.75, 3.05) is 14.2 Å². The Morgan fingerprint density at radius 1 is 1.23 bits per heavy atom. The van der Waals surface area contributed by atoms with Gasteiger partial charge in [0.25, 0.3) is 5.91 Å². The Morgan fingerprint density at radius 3 is 2.65 bits per heavy atom. The maximum atomic E-state index is 12.1. The van der Waals surface area contributed by atoms with E-state index in [0.29, 0.717) is 32.4 Å². The Labute approximate surface area is 166 Å². The standard InChI is InChI=1S/C19H16ClNO3S2/c1-21-18(22)17(26-19(21)25)10-12-7-8-15(16(9-12)23-2)24-11-13-5-3-4-6-14(13)20/h3-10H,11H2,1-2H3. The van der Waals surface area contributed by atoms with E-state index in [9.17, 15) is 4.79 Å². The van der Waals surface area contributed by atoms with Gasteiger partial charge in [-0.05, 0) is 29.8 Å². The molecule has 0 N–H and O–H groups in total. The van der Waals surface area contributed by atoms with E-state index in [1.54, 1.807) is 20.2 Å². The van der Waals surface area contributed by atoms with Gasteiger partial charge in [0.1, 0.15) is 10.9 Å². The summed E-state index contributed by atoms with van der Waals surface area (Å²) in [6.45, 7) is 0.337. The zero-order chi connectivity index (χ0) is 18.7. The first-order valence-electron chi connectivity index (χ1n) is 7.75. The highest BCUT2D eigenvalue weighted by Gasteiger charge is 2.28. The molecule has 1 amide bonds. The largest absolute Gasteiger partial charge is 0.493 e. The second kappa shape index (κ2) is 8.12. The van der Waals surface area contributed by atoms with Crippen molar-refractivity contribution in [1.82, 2.24) is 4.90 Å². The monoisotopic (exact) mass is 405 g/mol. The number of nitrogens with zero attached hydrogens (tertiary/aromatic N) is 1. The lowest BCUT2D eigenvalue weighted by molar-refractivity contribution is -0.121. The second-order valence-electron chi connectivity index (χ2n) is 5.53. The van der Waals surface area contributed by atoms with Crippen LogP contribution in [-0.4, -0.2) is 29.3 Å². The highest BCUT2D eigenvalue weighted by atomic mass is 35.5. The number of rotatable bonds is 5. The first-order valence-corrected chi connectivity index (χ1v) is 9.35. The molecule has 0 radical (unpaired) electrons. The molecule has 0 atom stereocenters. The Hall–Kier alpha value is -2.02. The van der Waals surface area contributed by atoms with E-state index in [0.717, 1.165) is 11.1 Å². The van der Waals surface area contributed by atoms with Gasteiger partial charge in [0.15, 0.2) is 11.5 Å². The van der Waals surface area contributed by atoms with Crippen molar-refractivity contribution >= 4 is 51.9 Å². The minimum absolute atomic E-state index is 0.0991. The summed E-state index contributed by atoms with van der Waals surface area (Å²) < 4.78 is 11.8. The lowest BCUT2D eigenvalue weighted by Crippen LogP contribution is -2.22. The molecule has 0 aromatic heterocycles. The molecular formula is C19H16ClNO3S2. The van der Waals surface area contributed by atoms with E-state index in [2.05, 4.69) is 0 Å². The molecule has 0 bridgehead atoms. The summed E-state index contributed by atoms with van der Waals surface area (Å²) in [5.74, 6) is 1.09. The van der Waals surface area contributed by atoms with Crippen molar-refractivity contribution in [3.05, 3.63) is 63.5 Å². The Morgan fingerprint density at radius 2 is 2.00 bits per heavy atom. The number of carbonyl (C=O) groups excluding carboxylic acids is 1. The average Bonchev–Trinajstić information content (AvgIpc) is 2.88. The van der Waals surface area contributed by atoms with Crippen LogP contribution in [0.1, 0.15) is 11.1 Å². The smallest absolute Gasteiger partial charge is 0.265 e. The van der Waals surface area contributed by atoms with Crippen molar-refractivity contribution in [3.63, 3.8) is 0 Å². The summed E-state index contributed by atoms with van der Waals surface area (Å²) in [4.78, 5) is 14.2. The SMILES string of the molecule is COc1cc(C=C2SC(=S)N(C)C2=O)ccc1OCc1ccccc1Cl. The van der Waals surface area contributed by atoms with Crippen LogP contribution in [0.25, 0.3) is 6.08 Å². The fourth-order valence-electron chi connectivity index (χ4n) is 2.36. The number of amides is 1. The molecule has 1 saturated heterocycles. The number of methoxy groups -OCH3 is 1. The van der Waals surface area contributed by atoms with Crippen LogP contribution >= 0.6 is 35.6 Å². The maximum absolute atomic E-state index is 12.1. The molecule has 2 aromatic carbocycles. The predicted octanol–water partition coefficient (Wildman–Crippen LogP) is 4.76. The summed E-state index contributed by atoms with van der Waals surface area (Å²) in [7, 11) is 3.25. The van der Waals surface area contributed by atoms with Gasteiger partial charge >= 0.3 is 0 Å². The maximum Gasteiger partial charge on any atom is 0.265 e. The van der Waals surface area contributed by atoms with Crippen molar-refractivity contribution < 1.29 is 14.3 Å². The van der Waals surface area contributed by atoms with Crippen LogP contribution in [0.15, 0.2) is 47.4 Å². The quantitative estimate of drug-likeness (QED) is 0.529. The van der Waals surface area contributed by atoms with E-state index >= 15 is 0 Å². The molecule has 0 saturated carbocycles. The average molecular weight is 406 g/mol. The molecule has 26 heavy (non-hydrogen) atoms. The van der Waals surface area contributed by atoms with Gasteiger partial charge in [-0.25, -0.2) is 0 Å². The summed E-state index contributed by atoms with van der Waals surface area (Å²) in [5, 5.41) is 0.657. The number of halogens is 1. The van der Waals surface area contributed by atoms with Gasteiger partial charge in [-0.15, -0.1) is 0 Å². The van der Waals surface area contributed by atoms with Crippen molar-refractivity contribution in [2.45, 2.75) is 6.61 Å². The van der Waals surface area contributed by atoms with E-state index in [4.69, 9.17) is 33.3 Å². The Bertz CT molecular complexity index is 898. The molecule has 4 nitrogen and oxygen atoms in total. The van der Waals surface area contributed by atoms with Crippen LogP contribution < -0.4 is 9.47 Å². The van der Waals surface area contributed by atoms with Gasteiger partial charge in [0, 0.05) is 17.6 Å². The number of thioether (sulfide) groups is 1. The third-order valence-electron chi connectivity index (χ3n) is 3.81. The topological polar surface area (TPSA) is 38.8 Å². The summed E-state index contributed by atoms with van der Waals surface area (Å²) in [6.07, 6.45) is 1.79. The molecule has 1 aliphatic heterocycles. The van der Waals surface area contributed by atoms with Crippen LogP contribution in [0, 0.1) is 0 Å². The molecule has 1 heterocycles. The van der Waals surface area contributed by atoms with Crippen LogP contribution in [0.3, 0.4) is 0 Å². The fraction of sp³-hybridized carbons (Fsp3) is 0.158. The lowest BCUT2D eigenvalue weighted by Gasteiger charge is -2.12. The van der Waals surface area contributed by atoms with Crippen LogP contribution in [0.2, 0.25) is 5.02 Å². The molecule has 134 valence electrons. The highest BCUT2D eigenvalue weighted by molar-refractivity contribution is 8.26. The number of thiocarbonyl (C=S) groups is 1. The Kier molecular flexibility index (Phi) is 5.86. The third-order valence-corrected chi connectivity index (χ3v) is 5.67. The normalized spacial score (nSPS) is 15.7. The van der Waals surface area contributed by atoms with Crippen molar-refractivity contribution in [3.8, 4) is 11.5 Å². The zero-order valence-corrected chi connectivity index (χ0v) is 16.6. The number of carbonyl (C=O) groups is 1. The third kappa shape index (κ3) is 4.03. The van der Waals surface area contributed by atoms with Gasteiger partial charge in [0.2, 0.25) is 0 Å². The Balaban J connectivity index is 1.79. The molecule has 7 heteroatoms. The summed E-state index contributed by atoms with van der Waals surface area (Å²) >= 11 is 12.6. The van der Waals surface area contributed by atoms with Crippen LogP contribution in [0.4, 0.5) is 0 Å². The number of hydrogen-bond acceptors (Lipinski definition) is 5. The fourth-order valence-corrected chi connectivity index (χ4v) is 3.73. The molecule has 3 rings (SSSR count). The first-order chi connectivity index (χ1) is 12.5. The lowest BCUT2D eigenvalue weighted by atomic mass is 10.2. The molecule has 1 aliphatic rings. The van der Waals surface area contributed by atoms with E-state index in [1.807, 2.05) is 42.5 Å². The molecule has 1 fully saturated rings. The van der Waals surface area contributed by atoms with E-state index in [-0.39, 0.29) is 5.91 Å². The first kappa shape index (κ1) is 18.8. The van der Waals surface area contributed by atoms with Gasteiger partial charge in [0.05, 0.1) is 12.0 Å².